The summed E-state index contributed by atoms with van der Waals surface area (Å²) in [4.78, 5) is 27.2. The quantitative estimate of drug-likeness (QED) is 0.490. The molecule has 2 aromatic carbocycles. The molecule has 0 aliphatic heterocycles. The summed E-state index contributed by atoms with van der Waals surface area (Å²) in [5.41, 5.74) is 0.745. The van der Waals surface area contributed by atoms with Crippen LogP contribution in [0.15, 0.2) is 36.4 Å². The Balaban J connectivity index is 2.43. The number of amides is 2. The van der Waals surface area contributed by atoms with Crippen LogP contribution in [0.2, 0.25) is 20.1 Å². The average molecular weight is 555 g/mol. The topological polar surface area (TPSA) is 86.8 Å². The second-order valence-electron chi connectivity index (χ2n) is 7.24. The standard InChI is InChI=1S/C21H23Cl4N3O4S/c1-4-26-21(30)13(2)27(11-14-5-6-18(24)19(25)7-14)20(29)12-28(33(3,31)32)17-9-15(22)8-16(23)10-17/h5-10,13H,4,11-12H2,1-3H3,(H,26,30)/t13-/m0/s1. The second kappa shape index (κ2) is 11.6. The van der Waals surface area contributed by atoms with E-state index in [0.717, 1.165) is 10.6 Å². The molecule has 0 bridgehead atoms. The Morgan fingerprint density at radius 1 is 1.00 bits per heavy atom. The van der Waals surface area contributed by atoms with Crippen molar-refractivity contribution in [1.29, 1.82) is 0 Å². The van der Waals surface area contributed by atoms with Crippen molar-refractivity contribution in [2.45, 2.75) is 26.4 Å². The predicted octanol–water partition coefficient (Wildman–Crippen LogP) is 4.62. The van der Waals surface area contributed by atoms with Gasteiger partial charge >= 0.3 is 0 Å². The summed E-state index contributed by atoms with van der Waals surface area (Å²) in [6.07, 6.45) is 0.964. The maximum absolute atomic E-state index is 13.4. The third-order valence-corrected chi connectivity index (χ3v) is 6.99. The van der Waals surface area contributed by atoms with Gasteiger partial charge in [0.1, 0.15) is 12.6 Å². The molecule has 180 valence electrons. The monoisotopic (exact) mass is 553 g/mol. The number of anilines is 1. The Bertz CT molecular complexity index is 1120. The fraction of sp³-hybridized carbons (Fsp3) is 0.333. The lowest BCUT2D eigenvalue weighted by molar-refractivity contribution is -0.139. The molecule has 0 aliphatic rings. The first-order valence-electron chi connectivity index (χ1n) is 9.78. The van der Waals surface area contributed by atoms with E-state index < -0.39 is 28.5 Å². The minimum absolute atomic E-state index is 0.00191. The molecule has 0 radical (unpaired) electrons. The fourth-order valence-electron chi connectivity index (χ4n) is 3.04. The van der Waals surface area contributed by atoms with Gasteiger partial charge in [0.25, 0.3) is 0 Å². The molecule has 33 heavy (non-hydrogen) atoms. The van der Waals surface area contributed by atoms with Crippen molar-refractivity contribution in [1.82, 2.24) is 10.2 Å². The molecule has 12 heteroatoms. The van der Waals surface area contributed by atoms with E-state index in [-0.39, 0.29) is 28.2 Å². The molecule has 2 amide bonds. The van der Waals surface area contributed by atoms with Gasteiger partial charge in [0.2, 0.25) is 21.8 Å². The molecule has 1 N–H and O–H groups in total. The van der Waals surface area contributed by atoms with Gasteiger partial charge in [-0.2, -0.15) is 0 Å². The van der Waals surface area contributed by atoms with Crippen LogP contribution in [0.3, 0.4) is 0 Å². The van der Waals surface area contributed by atoms with Crippen LogP contribution in [0, 0.1) is 0 Å². The van der Waals surface area contributed by atoms with E-state index in [1.165, 1.54) is 23.1 Å². The number of halogens is 4. The first kappa shape index (κ1) is 27.5. The van der Waals surface area contributed by atoms with E-state index >= 15 is 0 Å². The van der Waals surface area contributed by atoms with Crippen molar-refractivity contribution < 1.29 is 18.0 Å². The van der Waals surface area contributed by atoms with Crippen LogP contribution in [0.1, 0.15) is 19.4 Å². The van der Waals surface area contributed by atoms with Gasteiger partial charge in [-0.15, -0.1) is 0 Å². The lowest BCUT2D eigenvalue weighted by atomic mass is 10.1. The minimum atomic E-state index is -3.89. The number of benzene rings is 2. The predicted molar refractivity (Wildman–Crippen MR) is 134 cm³/mol. The number of carbonyl (C=O) groups excluding carboxylic acids is 2. The Morgan fingerprint density at radius 3 is 2.12 bits per heavy atom. The third-order valence-electron chi connectivity index (χ3n) is 4.67. The van der Waals surface area contributed by atoms with Crippen molar-refractivity contribution in [2.75, 3.05) is 23.7 Å². The van der Waals surface area contributed by atoms with Crippen LogP contribution < -0.4 is 9.62 Å². The minimum Gasteiger partial charge on any atom is -0.355 e. The van der Waals surface area contributed by atoms with Crippen LogP contribution in [-0.2, 0) is 26.2 Å². The molecule has 2 aromatic rings. The smallest absolute Gasteiger partial charge is 0.244 e. The van der Waals surface area contributed by atoms with Crippen LogP contribution >= 0.6 is 46.4 Å². The maximum atomic E-state index is 13.4. The molecule has 0 aromatic heterocycles. The molecule has 0 saturated carbocycles. The summed E-state index contributed by atoms with van der Waals surface area (Å²) >= 11 is 24.1. The van der Waals surface area contributed by atoms with Crippen molar-refractivity contribution >= 4 is 73.9 Å². The van der Waals surface area contributed by atoms with Gasteiger partial charge in [-0.1, -0.05) is 52.5 Å². The summed E-state index contributed by atoms with van der Waals surface area (Å²) in [5, 5.41) is 3.72. The molecule has 0 heterocycles. The van der Waals surface area contributed by atoms with Gasteiger partial charge in [-0.3, -0.25) is 13.9 Å². The molecule has 0 aliphatic carbocycles. The Labute approximate surface area is 213 Å². The summed E-state index contributed by atoms with van der Waals surface area (Å²) in [6.45, 7) is 3.11. The summed E-state index contributed by atoms with van der Waals surface area (Å²) < 4.78 is 25.9. The SMILES string of the molecule is CCNC(=O)[C@H](C)N(Cc1ccc(Cl)c(Cl)c1)C(=O)CN(c1cc(Cl)cc(Cl)c1)S(C)(=O)=O. The van der Waals surface area contributed by atoms with Crippen molar-refractivity contribution in [2.24, 2.45) is 0 Å². The molecule has 0 unspecified atom stereocenters. The van der Waals surface area contributed by atoms with E-state index in [0.29, 0.717) is 22.2 Å². The average Bonchev–Trinajstić information content (AvgIpc) is 2.70. The van der Waals surface area contributed by atoms with E-state index in [2.05, 4.69) is 5.32 Å². The molecule has 0 spiro atoms. The molecular formula is C21H23Cl4N3O4S. The molecule has 7 nitrogen and oxygen atoms in total. The third kappa shape index (κ3) is 7.65. The molecule has 2 rings (SSSR count). The highest BCUT2D eigenvalue weighted by Crippen LogP contribution is 2.28. The largest absolute Gasteiger partial charge is 0.355 e. The number of hydrogen-bond acceptors (Lipinski definition) is 4. The Kier molecular flexibility index (Phi) is 9.70. The number of sulfonamides is 1. The normalized spacial score (nSPS) is 12.2. The van der Waals surface area contributed by atoms with E-state index in [4.69, 9.17) is 46.4 Å². The summed E-state index contributed by atoms with van der Waals surface area (Å²) in [5.74, 6) is -0.996. The first-order valence-corrected chi connectivity index (χ1v) is 13.1. The lowest BCUT2D eigenvalue weighted by Crippen LogP contribution is -2.51. The zero-order valence-corrected chi connectivity index (χ0v) is 22.0. The van der Waals surface area contributed by atoms with Crippen molar-refractivity contribution in [3.63, 3.8) is 0 Å². The fourth-order valence-corrected chi connectivity index (χ4v) is 4.70. The van der Waals surface area contributed by atoms with E-state index in [1.807, 2.05) is 0 Å². The van der Waals surface area contributed by atoms with Crippen LogP contribution in [0.4, 0.5) is 5.69 Å². The molecule has 0 saturated heterocycles. The van der Waals surface area contributed by atoms with Crippen molar-refractivity contribution in [3.8, 4) is 0 Å². The van der Waals surface area contributed by atoms with Gasteiger partial charge in [0.15, 0.2) is 0 Å². The van der Waals surface area contributed by atoms with Gasteiger partial charge in [0.05, 0.1) is 22.0 Å². The molecule has 1 atom stereocenters. The summed E-state index contributed by atoms with van der Waals surface area (Å²) in [6, 6.07) is 8.16. The van der Waals surface area contributed by atoms with Crippen LogP contribution in [-0.4, -0.2) is 50.5 Å². The molecule has 0 fully saturated rings. The van der Waals surface area contributed by atoms with Gasteiger partial charge in [-0.05, 0) is 49.7 Å². The number of hydrogen-bond donors (Lipinski definition) is 1. The van der Waals surface area contributed by atoms with Crippen LogP contribution in [0.25, 0.3) is 0 Å². The van der Waals surface area contributed by atoms with Crippen molar-refractivity contribution in [3.05, 3.63) is 62.1 Å². The Morgan fingerprint density at radius 2 is 1.61 bits per heavy atom. The highest BCUT2D eigenvalue weighted by Gasteiger charge is 2.30. The Hall–Kier alpha value is -1.71. The zero-order chi connectivity index (χ0) is 24.9. The maximum Gasteiger partial charge on any atom is 0.244 e. The van der Waals surface area contributed by atoms with E-state index in [1.54, 1.807) is 32.0 Å². The second-order valence-corrected chi connectivity index (χ2v) is 10.8. The van der Waals surface area contributed by atoms with Gasteiger partial charge in [0, 0.05) is 23.1 Å². The highest BCUT2D eigenvalue weighted by molar-refractivity contribution is 7.92. The number of likely N-dealkylation sites (N-methyl/N-ethyl adjacent to an activating group) is 1. The van der Waals surface area contributed by atoms with Gasteiger partial charge in [-0.25, -0.2) is 8.42 Å². The molecular weight excluding hydrogens is 532 g/mol. The van der Waals surface area contributed by atoms with E-state index in [9.17, 15) is 18.0 Å². The lowest BCUT2D eigenvalue weighted by Gasteiger charge is -2.31. The summed E-state index contributed by atoms with van der Waals surface area (Å²) in [7, 11) is -3.89. The first-order chi connectivity index (χ1) is 15.3. The van der Waals surface area contributed by atoms with Gasteiger partial charge < -0.3 is 10.2 Å². The zero-order valence-electron chi connectivity index (χ0n) is 18.1. The number of nitrogens with zero attached hydrogens (tertiary/aromatic N) is 2. The number of carbonyl (C=O) groups is 2. The van der Waals surface area contributed by atoms with Crippen LogP contribution in [0.5, 0.6) is 0 Å². The number of nitrogens with one attached hydrogen (secondary N) is 1. The highest BCUT2D eigenvalue weighted by atomic mass is 35.5. The number of rotatable bonds is 9.